The summed E-state index contributed by atoms with van der Waals surface area (Å²) in [6.07, 6.45) is 10.9. The Balaban J connectivity index is 1.05. The first-order valence-corrected chi connectivity index (χ1v) is 16.1. The van der Waals surface area contributed by atoms with Gasteiger partial charge in [-0.3, -0.25) is 15.0 Å². The van der Waals surface area contributed by atoms with Crippen LogP contribution in [-0.2, 0) is 16.1 Å². The molecule has 2 saturated heterocycles. The minimum atomic E-state index is -1.88. The molecule has 6 rings (SSSR count). The van der Waals surface area contributed by atoms with E-state index in [0.717, 1.165) is 28.2 Å². The topological polar surface area (TPSA) is 118 Å². The Morgan fingerprint density at radius 1 is 1.11 bits per heavy atom. The van der Waals surface area contributed by atoms with E-state index in [1.807, 2.05) is 49.5 Å². The third kappa shape index (κ3) is 7.06. The smallest absolute Gasteiger partial charge is 0.413 e. The largest absolute Gasteiger partial charge is 0.444 e. The molecule has 6 heterocycles. The van der Waals surface area contributed by atoms with Gasteiger partial charge in [0.1, 0.15) is 28.8 Å². The van der Waals surface area contributed by atoms with Crippen LogP contribution in [0.2, 0.25) is 0 Å². The maximum absolute atomic E-state index is 16.2. The molecule has 0 aromatic carbocycles. The number of imidazole rings is 1. The molecule has 3 aromatic rings. The molecule has 2 N–H and O–H groups in total. The summed E-state index contributed by atoms with van der Waals surface area (Å²) in [5, 5.41) is 6.07. The van der Waals surface area contributed by atoms with Crippen molar-refractivity contribution in [3.8, 4) is 0 Å². The highest BCUT2D eigenvalue weighted by molar-refractivity contribution is 5.85. The quantitative estimate of drug-likeness (QED) is 0.374. The van der Waals surface area contributed by atoms with Crippen molar-refractivity contribution in [2.45, 2.75) is 83.3 Å². The molecule has 0 saturated carbocycles. The fourth-order valence-electron chi connectivity index (χ4n) is 6.58. The van der Waals surface area contributed by atoms with Crippen LogP contribution in [0.1, 0.15) is 75.6 Å². The number of dihydropyridines is 1. The van der Waals surface area contributed by atoms with E-state index in [0.29, 0.717) is 51.4 Å². The lowest BCUT2D eigenvalue weighted by atomic mass is 9.90. The standard InChI is InChI=1S/C34H43FN8O3/c1-23-20-24(21-28(38-23)40-32(45)46-33(2,3)4)22-41-18-12-34(35,13-19-41)31(44)42-16-10-25(11-17-42)43-29-27(9-7-15-37-29)39-30(43)26-8-5-6-14-36-26/h5-9,14-15,20-21,25-26,36H,10-13,16-19,22H2,1-4H3,(H,38,40,45). The monoisotopic (exact) mass is 630 g/mol. The van der Waals surface area contributed by atoms with Gasteiger partial charge in [0.25, 0.3) is 5.91 Å². The first-order chi connectivity index (χ1) is 22.0. The van der Waals surface area contributed by atoms with Gasteiger partial charge in [-0.1, -0.05) is 12.2 Å². The Labute approximate surface area is 268 Å². The number of aryl methyl sites for hydroxylation is 1. The molecule has 244 valence electrons. The van der Waals surface area contributed by atoms with E-state index >= 15 is 4.39 Å². The third-order valence-corrected chi connectivity index (χ3v) is 8.74. The second-order valence-corrected chi connectivity index (χ2v) is 13.5. The normalized spacial score (nSPS) is 20.5. The molecule has 3 aliphatic rings. The molecule has 0 spiro atoms. The molecule has 0 bridgehead atoms. The molecule has 1 atom stereocenters. The van der Waals surface area contributed by atoms with Crippen LogP contribution >= 0.6 is 0 Å². The van der Waals surface area contributed by atoms with Crippen LogP contribution in [0, 0.1) is 6.92 Å². The molecule has 2 fully saturated rings. The van der Waals surface area contributed by atoms with Crippen molar-refractivity contribution in [2.24, 2.45) is 0 Å². The number of ether oxygens (including phenoxy) is 1. The number of amides is 2. The number of nitrogens with one attached hydrogen (secondary N) is 2. The number of likely N-dealkylation sites (tertiary alicyclic amines) is 2. The Hall–Kier alpha value is -4.32. The van der Waals surface area contributed by atoms with Crippen molar-refractivity contribution >= 4 is 29.0 Å². The lowest BCUT2D eigenvalue weighted by Crippen LogP contribution is -2.54. The van der Waals surface area contributed by atoms with Gasteiger partial charge in [0.05, 0.1) is 0 Å². The zero-order valence-corrected chi connectivity index (χ0v) is 27.0. The predicted molar refractivity (Wildman–Crippen MR) is 174 cm³/mol. The van der Waals surface area contributed by atoms with Crippen molar-refractivity contribution in [1.29, 1.82) is 0 Å². The third-order valence-electron chi connectivity index (χ3n) is 8.74. The molecule has 11 nitrogen and oxygen atoms in total. The number of hydrogen-bond acceptors (Lipinski definition) is 8. The van der Waals surface area contributed by atoms with Crippen molar-refractivity contribution in [1.82, 2.24) is 34.6 Å². The van der Waals surface area contributed by atoms with Gasteiger partial charge >= 0.3 is 6.09 Å². The van der Waals surface area contributed by atoms with Gasteiger partial charge in [0.2, 0.25) is 0 Å². The Morgan fingerprint density at radius 3 is 2.57 bits per heavy atom. The predicted octanol–water partition coefficient (Wildman–Crippen LogP) is 5.36. The van der Waals surface area contributed by atoms with E-state index < -0.39 is 23.3 Å². The van der Waals surface area contributed by atoms with Crippen LogP contribution in [0.5, 0.6) is 0 Å². The highest BCUT2D eigenvalue weighted by Gasteiger charge is 2.45. The van der Waals surface area contributed by atoms with Crippen molar-refractivity contribution in [3.05, 3.63) is 72.0 Å². The summed E-state index contributed by atoms with van der Waals surface area (Å²) in [6, 6.07) is 7.66. The highest BCUT2D eigenvalue weighted by atomic mass is 19.1. The average molecular weight is 631 g/mol. The number of nitrogens with zero attached hydrogens (tertiary/aromatic N) is 6. The van der Waals surface area contributed by atoms with Gasteiger partial charge in [-0.05, 0) is 82.6 Å². The number of rotatable bonds is 6. The van der Waals surface area contributed by atoms with Crippen LogP contribution in [0.25, 0.3) is 11.2 Å². The second-order valence-electron chi connectivity index (χ2n) is 13.5. The number of alkyl halides is 1. The SMILES string of the molecule is Cc1cc(CN2CCC(F)(C(=O)N3CCC(n4c(C5C=CC=CN5)nc5cccnc54)CC3)CC2)cc(NC(=O)OC(C)(C)C)n1. The van der Waals surface area contributed by atoms with Crippen LogP contribution < -0.4 is 10.6 Å². The summed E-state index contributed by atoms with van der Waals surface area (Å²) in [4.78, 5) is 43.6. The molecule has 12 heteroatoms. The molecule has 46 heavy (non-hydrogen) atoms. The first kappa shape index (κ1) is 31.7. The van der Waals surface area contributed by atoms with Gasteiger partial charge in [-0.15, -0.1) is 0 Å². The zero-order chi connectivity index (χ0) is 32.5. The van der Waals surface area contributed by atoms with Gasteiger partial charge in [-0.25, -0.2) is 24.1 Å². The molecular weight excluding hydrogens is 587 g/mol. The average Bonchev–Trinajstić information content (AvgIpc) is 3.41. The lowest BCUT2D eigenvalue weighted by molar-refractivity contribution is -0.148. The van der Waals surface area contributed by atoms with Gasteiger partial charge in [0, 0.05) is 63.5 Å². The van der Waals surface area contributed by atoms with Crippen molar-refractivity contribution < 1.29 is 18.7 Å². The first-order valence-electron chi connectivity index (χ1n) is 16.1. The van der Waals surface area contributed by atoms with Crippen LogP contribution in [0.4, 0.5) is 15.0 Å². The van der Waals surface area contributed by atoms with E-state index in [-0.39, 0.29) is 24.9 Å². The van der Waals surface area contributed by atoms with Crippen LogP contribution in [0.3, 0.4) is 0 Å². The molecular formula is C34H43FN8O3. The minimum absolute atomic E-state index is 0.0675. The fraction of sp³-hybridized carbons (Fsp3) is 0.500. The van der Waals surface area contributed by atoms with Crippen LogP contribution in [-0.4, -0.2) is 78.8 Å². The summed E-state index contributed by atoms with van der Waals surface area (Å²) in [7, 11) is 0. The van der Waals surface area contributed by atoms with Gasteiger partial charge in [0.15, 0.2) is 11.3 Å². The van der Waals surface area contributed by atoms with Crippen molar-refractivity contribution in [2.75, 3.05) is 31.5 Å². The van der Waals surface area contributed by atoms with Crippen molar-refractivity contribution in [3.63, 3.8) is 0 Å². The summed E-state index contributed by atoms with van der Waals surface area (Å²) >= 11 is 0. The number of piperidine rings is 2. The Kier molecular flexibility index (Phi) is 8.82. The van der Waals surface area contributed by atoms with Crippen LogP contribution in [0.15, 0.2) is 54.9 Å². The number of anilines is 1. The number of allylic oxidation sites excluding steroid dienone is 2. The maximum atomic E-state index is 16.2. The summed E-state index contributed by atoms with van der Waals surface area (Å²) in [6.45, 7) is 9.74. The number of carbonyl (C=O) groups is 2. The van der Waals surface area contributed by atoms with E-state index in [2.05, 4.69) is 36.1 Å². The molecule has 0 aliphatic carbocycles. The Bertz CT molecular complexity index is 1650. The minimum Gasteiger partial charge on any atom is -0.444 e. The van der Waals surface area contributed by atoms with E-state index in [1.54, 1.807) is 31.9 Å². The summed E-state index contributed by atoms with van der Waals surface area (Å²) in [5.74, 6) is 0.908. The Morgan fingerprint density at radius 2 is 1.87 bits per heavy atom. The van der Waals surface area contributed by atoms with E-state index in [1.165, 1.54) is 0 Å². The fourth-order valence-corrected chi connectivity index (χ4v) is 6.58. The van der Waals surface area contributed by atoms with E-state index in [4.69, 9.17) is 9.72 Å². The van der Waals surface area contributed by atoms with E-state index in [9.17, 15) is 9.59 Å². The number of hydrogen-bond donors (Lipinski definition) is 2. The number of pyridine rings is 2. The maximum Gasteiger partial charge on any atom is 0.413 e. The second kappa shape index (κ2) is 12.8. The molecule has 0 radical (unpaired) electrons. The lowest BCUT2D eigenvalue weighted by Gasteiger charge is -2.40. The number of aromatic nitrogens is 4. The number of fused-ring (bicyclic) bond motifs is 1. The summed E-state index contributed by atoms with van der Waals surface area (Å²) < 4.78 is 23.8. The molecule has 3 aliphatic heterocycles. The number of halogens is 1. The highest BCUT2D eigenvalue weighted by Crippen LogP contribution is 2.35. The molecule has 3 aromatic heterocycles. The zero-order valence-electron chi connectivity index (χ0n) is 27.0. The number of carbonyl (C=O) groups excluding carboxylic acids is 2. The molecule has 1 unspecified atom stereocenters. The molecule has 2 amide bonds. The van der Waals surface area contributed by atoms with Gasteiger partial charge < -0.3 is 19.5 Å². The summed E-state index contributed by atoms with van der Waals surface area (Å²) in [5.41, 5.74) is 0.891. The van der Waals surface area contributed by atoms with Gasteiger partial charge in [-0.2, -0.15) is 0 Å².